The Morgan fingerprint density at radius 1 is 1.06 bits per heavy atom. The zero-order chi connectivity index (χ0) is 22.7. The Hall–Kier alpha value is -3.94. The zero-order valence-corrected chi connectivity index (χ0v) is 18.5. The largest absolute Gasteiger partial charge is 0.479 e. The minimum Gasteiger partial charge on any atom is -0.479 e. The Bertz CT molecular complexity index is 1250. The zero-order valence-electron chi connectivity index (χ0n) is 18.5. The quantitative estimate of drug-likeness (QED) is 0.468. The molecular formula is C24H25N5O3. The van der Waals surface area contributed by atoms with Crippen LogP contribution in [0.2, 0.25) is 0 Å². The molecule has 0 unspecified atom stereocenters. The summed E-state index contributed by atoms with van der Waals surface area (Å²) in [5, 5.41) is 8.20. The van der Waals surface area contributed by atoms with Gasteiger partial charge in [-0.3, -0.25) is 9.78 Å². The van der Waals surface area contributed by atoms with Gasteiger partial charge in [0.15, 0.2) is 5.65 Å². The maximum atomic E-state index is 12.6. The predicted molar refractivity (Wildman–Crippen MR) is 122 cm³/mol. The average Bonchev–Trinajstić information content (AvgIpc) is 3.11. The molecule has 0 fully saturated rings. The SMILES string of the molecule is COc1nn(C)c2nc(C)c(CCC(=O)Nc3ccc(Oc4ccncc4)cc3)c(C)c12. The first kappa shape index (κ1) is 21.3. The molecule has 1 N–H and O–H groups in total. The van der Waals surface area contributed by atoms with Crippen LogP contribution in [-0.2, 0) is 18.3 Å². The number of aromatic nitrogens is 4. The van der Waals surface area contributed by atoms with Gasteiger partial charge < -0.3 is 14.8 Å². The third-order valence-electron chi connectivity index (χ3n) is 5.34. The fourth-order valence-electron chi connectivity index (χ4n) is 3.72. The number of anilines is 1. The molecule has 1 aromatic carbocycles. The molecule has 0 aliphatic carbocycles. The molecule has 0 radical (unpaired) electrons. The number of amides is 1. The summed E-state index contributed by atoms with van der Waals surface area (Å²) in [4.78, 5) is 21.2. The van der Waals surface area contributed by atoms with Crippen molar-refractivity contribution in [2.75, 3.05) is 12.4 Å². The predicted octanol–water partition coefficient (Wildman–Crippen LogP) is 4.35. The van der Waals surface area contributed by atoms with Crippen LogP contribution in [0.25, 0.3) is 11.0 Å². The highest BCUT2D eigenvalue weighted by molar-refractivity contribution is 5.91. The first-order valence-electron chi connectivity index (χ1n) is 10.3. The number of carbonyl (C=O) groups excluding carboxylic acids is 1. The molecule has 0 spiro atoms. The van der Waals surface area contributed by atoms with Crippen LogP contribution in [-0.4, -0.2) is 32.8 Å². The van der Waals surface area contributed by atoms with Crippen LogP contribution in [0.4, 0.5) is 5.69 Å². The topological polar surface area (TPSA) is 91.2 Å². The van der Waals surface area contributed by atoms with E-state index in [-0.39, 0.29) is 5.91 Å². The molecular weight excluding hydrogens is 406 g/mol. The highest BCUT2D eigenvalue weighted by atomic mass is 16.5. The number of aryl methyl sites for hydroxylation is 3. The normalized spacial score (nSPS) is 10.9. The van der Waals surface area contributed by atoms with Crippen molar-refractivity contribution in [1.82, 2.24) is 19.7 Å². The summed E-state index contributed by atoms with van der Waals surface area (Å²) in [6.45, 7) is 3.98. The average molecular weight is 431 g/mol. The molecule has 4 rings (SSSR count). The number of carbonyl (C=O) groups is 1. The van der Waals surface area contributed by atoms with E-state index in [1.807, 2.05) is 45.2 Å². The van der Waals surface area contributed by atoms with Gasteiger partial charge in [-0.25, -0.2) is 9.67 Å². The molecule has 4 aromatic rings. The van der Waals surface area contributed by atoms with Crippen LogP contribution >= 0.6 is 0 Å². The number of methoxy groups -OCH3 is 1. The Labute approximate surface area is 186 Å². The molecule has 3 aromatic heterocycles. The van der Waals surface area contributed by atoms with E-state index in [4.69, 9.17) is 9.47 Å². The van der Waals surface area contributed by atoms with Gasteiger partial charge in [0.25, 0.3) is 0 Å². The van der Waals surface area contributed by atoms with Gasteiger partial charge in [-0.1, -0.05) is 0 Å². The number of hydrogen-bond acceptors (Lipinski definition) is 6. The van der Waals surface area contributed by atoms with Gasteiger partial charge >= 0.3 is 0 Å². The Kier molecular flexibility index (Phi) is 6.02. The number of rotatable bonds is 7. The van der Waals surface area contributed by atoms with Crippen LogP contribution in [0.5, 0.6) is 17.4 Å². The standard InChI is InChI=1S/C24H25N5O3/c1-15-20(16(2)26-23-22(15)24(31-4)28-29(23)3)9-10-21(30)27-17-5-7-18(8-6-17)32-19-11-13-25-14-12-19/h5-8,11-14H,9-10H2,1-4H3,(H,27,30). The van der Waals surface area contributed by atoms with Crippen molar-refractivity contribution >= 4 is 22.6 Å². The molecule has 0 aliphatic heterocycles. The summed E-state index contributed by atoms with van der Waals surface area (Å²) in [5.41, 5.74) is 4.47. The molecule has 0 aliphatic rings. The lowest BCUT2D eigenvalue weighted by Gasteiger charge is -2.12. The monoisotopic (exact) mass is 431 g/mol. The van der Waals surface area contributed by atoms with Crippen LogP contribution in [0, 0.1) is 13.8 Å². The van der Waals surface area contributed by atoms with Crippen molar-refractivity contribution in [2.24, 2.45) is 7.05 Å². The van der Waals surface area contributed by atoms with Gasteiger partial charge in [0.05, 0.1) is 12.5 Å². The molecule has 8 heteroatoms. The highest BCUT2D eigenvalue weighted by Crippen LogP contribution is 2.30. The molecule has 1 amide bonds. The second-order valence-corrected chi connectivity index (χ2v) is 7.49. The minimum atomic E-state index is -0.0650. The summed E-state index contributed by atoms with van der Waals surface area (Å²) in [6, 6.07) is 10.8. The number of fused-ring (bicyclic) bond motifs is 1. The van der Waals surface area contributed by atoms with Crippen LogP contribution in [0.3, 0.4) is 0 Å². The Morgan fingerprint density at radius 3 is 2.44 bits per heavy atom. The summed E-state index contributed by atoms with van der Waals surface area (Å²) >= 11 is 0. The third kappa shape index (κ3) is 4.39. The van der Waals surface area contributed by atoms with Gasteiger partial charge in [0.1, 0.15) is 11.5 Å². The maximum Gasteiger partial charge on any atom is 0.242 e. The molecule has 3 heterocycles. The maximum absolute atomic E-state index is 12.6. The van der Waals surface area contributed by atoms with Crippen LogP contribution < -0.4 is 14.8 Å². The molecule has 32 heavy (non-hydrogen) atoms. The Morgan fingerprint density at radius 2 is 1.75 bits per heavy atom. The second kappa shape index (κ2) is 9.05. The lowest BCUT2D eigenvalue weighted by Crippen LogP contribution is -2.13. The molecule has 164 valence electrons. The van der Waals surface area contributed by atoms with Gasteiger partial charge in [-0.05, 0) is 67.8 Å². The summed E-state index contributed by atoms with van der Waals surface area (Å²) < 4.78 is 12.9. The van der Waals surface area contributed by atoms with E-state index in [0.29, 0.717) is 35.9 Å². The van der Waals surface area contributed by atoms with E-state index < -0.39 is 0 Å². The molecule has 0 saturated carbocycles. The van der Waals surface area contributed by atoms with E-state index in [0.717, 1.165) is 27.9 Å². The fraction of sp³-hybridized carbons (Fsp3) is 0.250. The van der Waals surface area contributed by atoms with Gasteiger partial charge in [0.2, 0.25) is 11.8 Å². The first-order chi connectivity index (χ1) is 15.5. The van der Waals surface area contributed by atoms with Crippen molar-refractivity contribution in [3.05, 3.63) is 65.6 Å². The van der Waals surface area contributed by atoms with Crippen LogP contribution in [0.1, 0.15) is 23.2 Å². The van der Waals surface area contributed by atoms with E-state index in [9.17, 15) is 4.79 Å². The number of hydrogen-bond donors (Lipinski definition) is 1. The number of ether oxygens (including phenoxy) is 2. The lowest BCUT2D eigenvalue weighted by molar-refractivity contribution is -0.116. The number of nitrogens with zero attached hydrogens (tertiary/aromatic N) is 4. The van der Waals surface area contributed by atoms with E-state index in [1.54, 1.807) is 36.3 Å². The van der Waals surface area contributed by atoms with Crippen molar-refractivity contribution in [2.45, 2.75) is 26.7 Å². The summed E-state index contributed by atoms with van der Waals surface area (Å²) in [6.07, 6.45) is 4.26. The van der Waals surface area contributed by atoms with Crippen molar-refractivity contribution in [3.8, 4) is 17.4 Å². The number of pyridine rings is 2. The Balaban J connectivity index is 1.41. The molecule has 0 bridgehead atoms. The van der Waals surface area contributed by atoms with Crippen molar-refractivity contribution in [3.63, 3.8) is 0 Å². The van der Waals surface area contributed by atoms with Gasteiger partial charge in [-0.2, -0.15) is 0 Å². The van der Waals surface area contributed by atoms with E-state index in [1.165, 1.54) is 0 Å². The van der Waals surface area contributed by atoms with E-state index in [2.05, 4.69) is 20.4 Å². The smallest absolute Gasteiger partial charge is 0.242 e. The third-order valence-corrected chi connectivity index (χ3v) is 5.34. The highest BCUT2D eigenvalue weighted by Gasteiger charge is 2.18. The molecule has 0 atom stereocenters. The van der Waals surface area contributed by atoms with E-state index >= 15 is 0 Å². The van der Waals surface area contributed by atoms with Gasteiger partial charge in [0, 0.05) is 37.2 Å². The summed E-state index contributed by atoms with van der Waals surface area (Å²) in [7, 11) is 3.44. The van der Waals surface area contributed by atoms with Gasteiger partial charge in [-0.15, -0.1) is 5.10 Å². The van der Waals surface area contributed by atoms with Crippen LogP contribution in [0.15, 0.2) is 48.8 Å². The fourth-order valence-corrected chi connectivity index (χ4v) is 3.72. The second-order valence-electron chi connectivity index (χ2n) is 7.49. The first-order valence-corrected chi connectivity index (χ1v) is 10.3. The minimum absolute atomic E-state index is 0.0650. The summed E-state index contributed by atoms with van der Waals surface area (Å²) in [5.74, 6) is 1.88. The lowest BCUT2D eigenvalue weighted by atomic mass is 10.00. The number of nitrogens with one attached hydrogen (secondary N) is 1. The van der Waals surface area contributed by atoms with Crippen molar-refractivity contribution < 1.29 is 14.3 Å². The number of benzene rings is 1. The molecule has 8 nitrogen and oxygen atoms in total. The van der Waals surface area contributed by atoms with Crippen molar-refractivity contribution in [1.29, 1.82) is 0 Å². The molecule has 0 saturated heterocycles.